The summed E-state index contributed by atoms with van der Waals surface area (Å²) in [6.45, 7) is 1.90. The number of nitrogens with one attached hydrogen (secondary N) is 1. The molecule has 24 heavy (non-hydrogen) atoms. The molecule has 3 heterocycles. The van der Waals surface area contributed by atoms with Crippen LogP contribution in [0.2, 0.25) is 5.28 Å². The lowest BCUT2D eigenvalue weighted by atomic mass is 10.1. The molecule has 7 nitrogen and oxygen atoms in total. The molecule has 3 N–H and O–H groups in total. The number of anilines is 1. The second-order valence-electron chi connectivity index (χ2n) is 6.50. The van der Waals surface area contributed by atoms with Crippen LogP contribution in [-0.2, 0) is 0 Å². The van der Waals surface area contributed by atoms with Gasteiger partial charge in [-0.05, 0) is 24.4 Å². The van der Waals surface area contributed by atoms with Gasteiger partial charge in [0.15, 0.2) is 17.0 Å². The van der Waals surface area contributed by atoms with Gasteiger partial charge in [-0.2, -0.15) is 9.97 Å². The molecular formula is C15H20ClN5O2S. The summed E-state index contributed by atoms with van der Waals surface area (Å²) >= 11 is 7.61. The molecule has 1 aliphatic heterocycles. The number of hydrogen-bond donors (Lipinski definition) is 3. The van der Waals surface area contributed by atoms with E-state index in [9.17, 15) is 10.2 Å². The van der Waals surface area contributed by atoms with Gasteiger partial charge in [0.25, 0.3) is 0 Å². The first-order valence-electron chi connectivity index (χ1n) is 8.23. The monoisotopic (exact) mass is 369 g/mol. The number of aliphatic hydroxyl groups excluding tert-OH is 2. The minimum absolute atomic E-state index is 0.0594. The second-order valence-corrected chi connectivity index (χ2v) is 8.34. The summed E-state index contributed by atoms with van der Waals surface area (Å²) < 4.78 is 1.78. The summed E-state index contributed by atoms with van der Waals surface area (Å²) in [7, 11) is 0. The van der Waals surface area contributed by atoms with Crippen LogP contribution in [0.15, 0.2) is 6.33 Å². The number of hydrogen-bond acceptors (Lipinski definition) is 7. The third-order valence-corrected chi connectivity index (χ3v) is 6.50. The first-order chi connectivity index (χ1) is 11.5. The maximum absolute atomic E-state index is 10.3. The standard InChI is InChI=1S/C15H20ClN5O2S/c1-7-10(22)11(23)14(24-7)21-6-17-9-12(18-8-4-2-3-5-8)19-15(16)20-13(9)21/h6-8,10-11,14,22-23H,2-5H2,1H3,(H,18,19,20)/t7-,10-,11-,14-/m1/s1. The van der Waals surface area contributed by atoms with E-state index in [1.165, 1.54) is 24.6 Å². The van der Waals surface area contributed by atoms with Crippen molar-refractivity contribution < 1.29 is 10.2 Å². The Morgan fingerprint density at radius 1 is 1.25 bits per heavy atom. The van der Waals surface area contributed by atoms with Crippen molar-refractivity contribution in [3.8, 4) is 0 Å². The largest absolute Gasteiger partial charge is 0.389 e. The molecule has 0 spiro atoms. The van der Waals surface area contributed by atoms with Crippen molar-refractivity contribution in [3.05, 3.63) is 11.6 Å². The maximum atomic E-state index is 10.3. The molecule has 130 valence electrons. The molecule has 0 unspecified atom stereocenters. The Hall–Kier alpha value is -1.09. The lowest BCUT2D eigenvalue weighted by Crippen LogP contribution is -2.30. The summed E-state index contributed by atoms with van der Waals surface area (Å²) in [6.07, 6.45) is 4.66. The Balaban J connectivity index is 1.72. The highest BCUT2D eigenvalue weighted by Crippen LogP contribution is 2.43. The summed E-state index contributed by atoms with van der Waals surface area (Å²) in [5, 5.41) is 23.5. The molecule has 1 saturated carbocycles. The van der Waals surface area contributed by atoms with Crippen LogP contribution in [-0.4, -0.2) is 53.2 Å². The molecule has 0 amide bonds. The number of thioether (sulfide) groups is 1. The van der Waals surface area contributed by atoms with E-state index in [-0.39, 0.29) is 15.9 Å². The maximum Gasteiger partial charge on any atom is 0.226 e. The molecule has 1 saturated heterocycles. The molecule has 0 aromatic carbocycles. The van der Waals surface area contributed by atoms with Gasteiger partial charge in [0.05, 0.1) is 12.4 Å². The van der Waals surface area contributed by atoms with E-state index in [0.29, 0.717) is 23.0 Å². The molecule has 1 aliphatic carbocycles. The molecule has 2 aromatic rings. The van der Waals surface area contributed by atoms with Crippen molar-refractivity contribution in [3.63, 3.8) is 0 Å². The van der Waals surface area contributed by atoms with Crippen molar-refractivity contribution in [1.82, 2.24) is 19.5 Å². The van der Waals surface area contributed by atoms with Crippen molar-refractivity contribution in [2.45, 2.75) is 61.5 Å². The van der Waals surface area contributed by atoms with Gasteiger partial charge in [-0.1, -0.05) is 19.8 Å². The quantitative estimate of drug-likeness (QED) is 0.713. The molecule has 2 aliphatic rings. The van der Waals surface area contributed by atoms with Crippen LogP contribution in [0.5, 0.6) is 0 Å². The van der Waals surface area contributed by atoms with Gasteiger partial charge < -0.3 is 15.5 Å². The van der Waals surface area contributed by atoms with E-state index >= 15 is 0 Å². The molecule has 2 aromatic heterocycles. The predicted molar refractivity (Wildman–Crippen MR) is 94.3 cm³/mol. The lowest BCUT2D eigenvalue weighted by molar-refractivity contribution is 0.0206. The van der Waals surface area contributed by atoms with Gasteiger partial charge in [0.1, 0.15) is 11.5 Å². The third-order valence-electron chi connectivity index (χ3n) is 4.84. The highest BCUT2D eigenvalue weighted by atomic mass is 35.5. The molecule has 0 radical (unpaired) electrons. The summed E-state index contributed by atoms with van der Waals surface area (Å²) in [4.78, 5) is 13.1. The molecular weight excluding hydrogens is 350 g/mol. The van der Waals surface area contributed by atoms with Gasteiger partial charge in [-0.15, -0.1) is 11.8 Å². The van der Waals surface area contributed by atoms with Gasteiger partial charge >= 0.3 is 0 Å². The fraction of sp³-hybridized carbons (Fsp3) is 0.667. The van der Waals surface area contributed by atoms with Gasteiger partial charge in [0, 0.05) is 11.3 Å². The van der Waals surface area contributed by atoms with Gasteiger partial charge in [-0.3, -0.25) is 4.57 Å². The zero-order valence-corrected chi connectivity index (χ0v) is 14.8. The Labute approximate surface area is 148 Å². The van der Waals surface area contributed by atoms with Crippen LogP contribution in [0.4, 0.5) is 5.82 Å². The molecule has 0 bridgehead atoms. The summed E-state index contributed by atoms with van der Waals surface area (Å²) in [6, 6.07) is 0.387. The summed E-state index contributed by atoms with van der Waals surface area (Å²) in [5.41, 5.74) is 1.22. The normalized spacial score (nSPS) is 31.2. The van der Waals surface area contributed by atoms with Crippen LogP contribution in [0.25, 0.3) is 11.2 Å². The fourth-order valence-electron chi connectivity index (χ4n) is 3.50. The SMILES string of the molecule is C[C@H]1S[C@@H](n2cnc3c(NC4CCCC4)nc(Cl)nc32)[C@H](O)[C@@H]1O. The second kappa shape index (κ2) is 6.33. The van der Waals surface area contributed by atoms with Crippen LogP contribution < -0.4 is 5.32 Å². The summed E-state index contributed by atoms with van der Waals surface area (Å²) in [5.74, 6) is 0.640. The van der Waals surface area contributed by atoms with E-state index in [1.807, 2.05) is 6.92 Å². The fourth-order valence-corrected chi connectivity index (χ4v) is 5.03. The topological polar surface area (TPSA) is 96.1 Å². The van der Waals surface area contributed by atoms with Crippen molar-refractivity contribution in [2.75, 3.05) is 5.32 Å². The number of nitrogens with zero attached hydrogens (tertiary/aromatic N) is 4. The van der Waals surface area contributed by atoms with Gasteiger partial charge in [-0.25, -0.2) is 4.98 Å². The van der Waals surface area contributed by atoms with Crippen molar-refractivity contribution in [2.24, 2.45) is 0 Å². The smallest absolute Gasteiger partial charge is 0.226 e. The first kappa shape index (κ1) is 16.4. The predicted octanol–water partition coefficient (Wildman–Crippen LogP) is 2.19. The number of halogens is 1. The number of aromatic nitrogens is 4. The van der Waals surface area contributed by atoms with E-state index in [2.05, 4.69) is 20.3 Å². The van der Waals surface area contributed by atoms with Crippen molar-refractivity contribution >= 4 is 40.3 Å². The minimum Gasteiger partial charge on any atom is -0.389 e. The van der Waals surface area contributed by atoms with Gasteiger partial charge in [0.2, 0.25) is 5.28 Å². The number of aliphatic hydroxyl groups is 2. The van der Waals surface area contributed by atoms with E-state index in [4.69, 9.17) is 11.6 Å². The Bertz CT molecular complexity index is 751. The number of imidazole rings is 1. The zero-order chi connectivity index (χ0) is 16.8. The lowest BCUT2D eigenvalue weighted by Gasteiger charge is -2.17. The number of fused-ring (bicyclic) bond motifs is 1. The van der Waals surface area contributed by atoms with Crippen molar-refractivity contribution in [1.29, 1.82) is 0 Å². The molecule has 2 fully saturated rings. The van der Waals surface area contributed by atoms with E-state index in [1.54, 1.807) is 10.9 Å². The Kier molecular flexibility index (Phi) is 4.32. The Morgan fingerprint density at radius 2 is 2.00 bits per heavy atom. The zero-order valence-electron chi connectivity index (χ0n) is 13.3. The average Bonchev–Trinajstić information content (AvgIpc) is 3.25. The van der Waals surface area contributed by atoms with E-state index in [0.717, 1.165) is 12.8 Å². The molecule has 4 rings (SSSR count). The molecule has 9 heteroatoms. The first-order valence-corrected chi connectivity index (χ1v) is 9.55. The molecule has 4 atom stereocenters. The average molecular weight is 370 g/mol. The van der Waals surface area contributed by atoms with E-state index < -0.39 is 12.2 Å². The van der Waals surface area contributed by atoms with Crippen LogP contribution in [0.1, 0.15) is 38.0 Å². The van der Waals surface area contributed by atoms with Crippen LogP contribution in [0, 0.1) is 0 Å². The number of rotatable bonds is 3. The highest BCUT2D eigenvalue weighted by Gasteiger charge is 2.41. The van der Waals surface area contributed by atoms with Crippen LogP contribution in [0.3, 0.4) is 0 Å². The minimum atomic E-state index is -0.873. The third kappa shape index (κ3) is 2.75. The Morgan fingerprint density at radius 3 is 2.67 bits per heavy atom. The highest BCUT2D eigenvalue weighted by molar-refractivity contribution is 8.00. The van der Waals surface area contributed by atoms with Crippen LogP contribution >= 0.6 is 23.4 Å².